The SMILES string of the molecule is CS(=O)(=O)NCCCCN1C(=O)C(c2ccccc2)(c2ccccc2)N=C1N. The van der Waals surface area contributed by atoms with Crippen LogP contribution in [0.5, 0.6) is 0 Å². The van der Waals surface area contributed by atoms with Crippen molar-refractivity contribution in [2.75, 3.05) is 19.3 Å². The zero-order chi connectivity index (χ0) is 20.2. The quantitative estimate of drug-likeness (QED) is 0.654. The number of nitrogens with zero attached hydrogens (tertiary/aromatic N) is 2. The Morgan fingerprint density at radius 1 is 1.00 bits per heavy atom. The van der Waals surface area contributed by atoms with Gasteiger partial charge in [-0.25, -0.2) is 18.1 Å². The molecule has 1 aliphatic rings. The molecule has 0 fully saturated rings. The van der Waals surface area contributed by atoms with Crippen LogP contribution < -0.4 is 10.5 Å². The number of nitrogens with two attached hydrogens (primary N) is 1. The summed E-state index contributed by atoms with van der Waals surface area (Å²) in [4.78, 5) is 19.6. The maximum Gasteiger partial charge on any atom is 0.266 e. The first-order valence-electron chi connectivity index (χ1n) is 9.07. The number of guanidine groups is 1. The van der Waals surface area contributed by atoms with Crippen LogP contribution in [-0.2, 0) is 20.4 Å². The lowest BCUT2D eigenvalue weighted by Gasteiger charge is -2.27. The molecular weight excluding hydrogens is 376 g/mol. The van der Waals surface area contributed by atoms with Gasteiger partial charge in [-0.3, -0.25) is 9.69 Å². The molecular formula is C20H24N4O3S. The molecule has 0 unspecified atom stereocenters. The normalized spacial score (nSPS) is 16.2. The second-order valence-electron chi connectivity index (χ2n) is 6.74. The smallest absolute Gasteiger partial charge is 0.266 e. The number of hydrogen-bond donors (Lipinski definition) is 2. The van der Waals surface area contributed by atoms with Crippen molar-refractivity contribution in [3.05, 3.63) is 71.8 Å². The highest BCUT2D eigenvalue weighted by atomic mass is 32.2. The number of unbranched alkanes of at least 4 members (excludes halogenated alkanes) is 1. The summed E-state index contributed by atoms with van der Waals surface area (Å²) in [5.74, 6) is -0.0211. The highest BCUT2D eigenvalue weighted by molar-refractivity contribution is 7.88. The van der Waals surface area contributed by atoms with Crippen molar-refractivity contribution in [3.63, 3.8) is 0 Å². The fourth-order valence-electron chi connectivity index (χ4n) is 3.35. The van der Waals surface area contributed by atoms with Gasteiger partial charge in [0.2, 0.25) is 10.0 Å². The number of sulfonamides is 1. The molecule has 0 atom stereocenters. The number of nitrogens with one attached hydrogen (secondary N) is 1. The molecule has 8 heteroatoms. The molecule has 2 aromatic rings. The van der Waals surface area contributed by atoms with Crippen molar-refractivity contribution < 1.29 is 13.2 Å². The lowest BCUT2D eigenvalue weighted by atomic mass is 9.83. The molecule has 1 amide bonds. The monoisotopic (exact) mass is 400 g/mol. The van der Waals surface area contributed by atoms with E-state index >= 15 is 0 Å². The molecule has 0 spiro atoms. The van der Waals surface area contributed by atoms with Gasteiger partial charge in [0.25, 0.3) is 5.91 Å². The highest BCUT2D eigenvalue weighted by Gasteiger charge is 2.50. The van der Waals surface area contributed by atoms with Crippen molar-refractivity contribution in [2.45, 2.75) is 18.4 Å². The minimum Gasteiger partial charge on any atom is -0.369 e. The van der Waals surface area contributed by atoms with Gasteiger partial charge in [-0.1, -0.05) is 60.7 Å². The van der Waals surface area contributed by atoms with Gasteiger partial charge in [0, 0.05) is 13.1 Å². The van der Waals surface area contributed by atoms with E-state index in [4.69, 9.17) is 5.73 Å². The van der Waals surface area contributed by atoms with Gasteiger partial charge in [0.05, 0.1) is 6.26 Å². The molecule has 0 aromatic heterocycles. The molecule has 2 aromatic carbocycles. The van der Waals surface area contributed by atoms with E-state index in [1.54, 1.807) is 0 Å². The fraction of sp³-hybridized carbons (Fsp3) is 0.300. The van der Waals surface area contributed by atoms with Gasteiger partial charge in [-0.05, 0) is 24.0 Å². The largest absolute Gasteiger partial charge is 0.369 e. The van der Waals surface area contributed by atoms with Gasteiger partial charge in [-0.15, -0.1) is 0 Å². The third-order valence-corrected chi connectivity index (χ3v) is 5.40. The van der Waals surface area contributed by atoms with E-state index in [2.05, 4.69) is 9.71 Å². The zero-order valence-corrected chi connectivity index (χ0v) is 16.5. The Bertz CT molecular complexity index is 920. The van der Waals surface area contributed by atoms with Gasteiger partial charge in [0.1, 0.15) is 0 Å². The standard InChI is InChI=1S/C20H24N4O3S/c1-28(26,27)22-14-8-9-15-24-18(25)20(23-19(24)21,16-10-4-2-5-11-16)17-12-6-3-7-13-17/h2-7,10-13,22H,8-9,14-15H2,1H3,(H2,21,23). The third kappa shape index (κ3) is 4.07. The summed E-state index contributed by atoms with van der Waals surface area (Å²) in [5, 5.41) is 0. The summed E-state index contributed by atoms with van der Waals surface area (Å²) >= 11 is 0. The zero-order valence-electron chi connectivity index (χ0n) is 15.7. The number of carbonyl (C=O) groups excluding carboxylic acids is 1. The van der Waals surface area contributed by atoms with E-state index in [0.717, 1.165) is 17.4 Å². The Balaban J connectivity index is 1.83. The minimum atomic E-state index is -3.21. The molecule has 0 bridgehead atoms. The minimum absolute atomic E-state index is 0.175. The van der Waals surface area contributed by atoms with Gasteiger partial charge < -0.3 is 5.73 Å². The number of rotatable bonds is 8. The summed E-state index contributed by atoms with van der Waals surface area (Å²) in [6, 6.07) is 18.8. The average Bonchev–Trinajstić information content (AvgIpc) is 2.93. The van der Waals surface area contributed by atoms with Crippen LogP contribution in [0, 0.1) is 0 Å². The Kier molecular flexibility index (Phi) is 5.81. The maximum atomic E-state index is 13.5. The van der Waals surface area contributed by atoms with E-state index in [1.165, 1.54) is 4.90 Å². The van der Waals surface area contributed by atoms with Crippen LogP contribution in [0.4, 0.5) is 0 Å². The van der Waals surface area contributed by atoms with Crippen molar-refractivity contribution in [1.82, 2.24) is 9.62 Å². The van der Waals surface area contributed by atoms with E-state index in [9.17, 15) is 13.2 Å². The first-order chi connectivity index (χ1) is 13.3. The van der Waals surface area contributed by atoms with Crippen LogP contribution in [0.25, 0.3) is 0 Å². The summed E-state index contributed by atoms with van der Waals surface area (Å²) in [5.41, 5.74) is 6.47. The van der Waals surface area contributed by atoms with Crippen molar-refractivity contribution >= 4 is 21.9 Å². The second kappa shape index (κ2) is 8.12. The van der Waals surface area contributed by atoms with Crippen molar-refractivity contribution in [2.24, 2.45) is 10.7 Å². The first-order valence-corrected chi connectivity index (χ1v) is 11.0. The third-order valence-electron chi connectivity index (χ3n) is 4.67. The lowest BCUT2D eigenvalue weighted by molar-refractivity contribution is -0.130. The Hall–Kier alpha value is -2.71. The molecule has 0 radical (unpaired) electrons. The van der Waals surface area contributed by atoms with E-state index in [0.29, 0.717) is 25.9 Å². The maximum absolute atomic E-state index is 13.5. The second-order valence-corrected chi connectivity index (χ2v) is 8.58. The molecule has 7 nitrogen and oxygen atoms in total. The van der Waals surface area contributed by atoms with Crippen molar-refractivity contribution in [3.8, 4) is 0 Å². The van der Waals surface area contributed by atoms with Gasteiger partial charge >= 0.3 is 0 Å². The summed E-state index contributed by atoms with van der Waals surface area (Å²) < 4.78 is 24.7. The molecule has 0 saturated heterocycles. The molecule has 1 aliphatic heterocycles. The molecule has 148 valence electrons. The highest BCUT2D eigenvalue weighted by Crippen LogP contribution is 2.39. The molecule has 3 rings (SSSR count). The molecule has 3 N–H and O–H groups in total. The van der Waals surface area contributed by atoms with Gasteiger partial charge in [0.15, 0.2) is 11.5 Å². The number of carbonyl (C=O) groups is 1. The fourth-order valence-corrected chi connectivity index (χ4v) is 3.86. The van der Waals surface area contributed by atoms with Crippen molar-refractivity contribution in [1.29, 1.82) is 0 Å². The van der Waals surface area contributed by atoms with Crippen LogP contribution in [-0.4, -0.2) is 44.5 Å². The van der Waals surface area contributed by atoms with Crippen LogP contribution in [0.3, 0.4) is 0 Å². The van der Waals surface area contributed by atoms with Crippen LogP contribution in [0.1, 0.15) is 24.0 Å². The predicted molar refractivity (Wildman–Crippen MR) is 109 cm³/mol. The Morgan fingerprint density at radius 3 is 2.04 bits per heavy atom. The summed E-state index contributed by atoms with van der Waals surface area (Å²) in [6.07, 6.45) is 2.31. The summed E-state index contributed by atoms with van der Waals surface area (Å²) in [6.45, 7) is 0.696. The number of amides is 1. The molecule has 1 heterocycles. The molecule has 0 saturated carbocycles. The number of aliphatic imine (C=N–C) groups is 1. The lowest BCUT2D eigenvalue weighted by Crippen LogP contribution is -2.44. The van der Waals surface area contributed by atoms with Crippen LogP contribution in [0.15, 0.2) is 65.7 Å². The topological polar surface area (TPSA) is 105 Å². The van der Waals surface area contributed by atoms with Crippen LogP contribution >= 0.6 is 0 Å². The predicted octanol–water partition coefficient (Wildman–Crippen LogP) is 1.42. The Morgan fingerprint density at radius 2 is 1.54 bits per heavy atom. The number of hydrogen-bond acceptors (Lipinski definition) is 5. The van der Waals surface area contributed by atoms with E-state index < -0.39 is 15.6 Å². The Labute approximate surface area is 165 Å². The van der Waals surface area contributed by atoms with Gasteiger partial charge in [-0.2, -0.15) is 0 Å². The molecule has 28 heavy (non-hydrogen) atoms. The average molecular weight is 401 g/mol. The number of benzene rings is 2. The van der Waals surface area contributed by atoms with E-state index in [-0.39, 0.29) is 11.9 Å². The molecule has 0 aliphatic carbocycles. The van der Waals surface area contributed by atoms with E-state index in [1.807, 2.05) is 60.7 Å². The summed E-state index contributed by atoms with van der Waals surface area (Å²) in [7, 11) is -3.21. The first kappa shape index (κ1) is 20.0. The van der Waals surface area contributed by atoms with Crippen LogP contribution in [0.2, 0.25) is 0 Å².